The van der Waals surface area contributed by atoms with Crippen molar-refractivity contribution < 1.29 is 9.28 Å². The highest BCUT2D eigenvalue weighted by molar-refractivity contribution is 5.72. The molecule has 162 valence electrons. The quantitative estimate of drug-likeness (QED) is 0.195. The van der Waals surface area contributed by atoms with E-state index in [-0.39, 0.29) is 5.91 Å². The van der Waals surface area contributed by atoms with Crippen LogP contribution in [0.25, 0.3) is 0 Å². The third kappa shape index (κ3) is 10.4. The Hall–Kier alpha value is -1.16. The van der Waals surface area contributed by atoms with Crippen molar-refractivity contribution in [1.29, 1.82) is 0 Å². The van der Waals surface area contributed by atoms with Crippen molar-refractivity contribution in [3.05, 3.63) is 12.2 Å². The van der Waals surface area contributed by atoms with Crippen molar-refractivity contribution in [3.8, 4) is 0 Å². The minimum Gasteiger partial charge on any atom is -0.351 e. The molecule has 0 bridgehead atoms. The van der Waals surface area contributed by atoms with Gasteiger partial charge in [-0.2, -0.15) is 0 Å². The fourth-order valence-corrected chi connectivity index (χ4v) is 4.19. The van der Waals surface area contributed by atoms with Gasteiger partial charge in [-0.25, -0.2) is 4.99 Å². The predicted octanol–water partition coefficient (Wildman–Crippen LogP) is 5.63. The highest BCUT2D eigenvalue weighted by Gasteiger charge is 2.37. The molecule has 0 aromatic heterocycles. The molecule has 1 aliphatic heterocycles. The summed E-state index contributed by atoms with van der Waals surface area (Å²) in [5.74, 6) is 0.0605. The third-order valence-corrected chi connectivity index (χ3v) is 6.15. The van der Waals surface area contributed by atoms with Gasteiger partial charge >= 0.3 is 0 Å². The summed E-state index contributed by atoms with van der Waals surface area (Å²) in [5.41, 5.74) is 0. The molecule has 4 heteroatoms. The first-order chi connectivity index (χ1) is 13.6. The van der Waals surface area contributed by atoms with Gasteiger partial charge in [-0.05, 0) is 26.2 Å². The molecule has 0 fully saturated rings. The van der Waals surface area contributed by atoms with Crippen LogP contribution < -0.4 is 5.32 Å². The summed E-state index contributed by atoms with van der Waals surface area (Å²) >= 11 is 0. The molecule has 0 saturated heterocycles. The van der Waals surface area contributed by atoms with Crippen LogP contribution in [0, 0.1) is 0 Å². The van der Waals surface area contributed by atoms with E-state index in [4.69, 9.17) is 4.99 Å². The Balaban J connectivity index is 2.10. The van der Waals surface area contributed by atoms with Crippen molar-refractivity contribution in [1.82, 2.24) is 5.32 Å². The van der Waals surface area contributed by atoms with E-state index in [1.54, 1.807) is 6.92 Å². The first-order valence-electron chi connectivity index (χ1n) is 11.9. The fourth-order valence-electron chi connectivity index (χ4n) is 4.19. The van der Waals surface area contributed by atoms with Crippen molar-refractivity contribution in [2.45, 2.75) is 104 Å². The molecule has 2 atom stereocenters. The zero-order chi connectivity index (χ0) is 20.5. The molecular weight excluding hydrogens is 346 g/mol. The van der Waals surface area contributed by atoms with Gasteiger partial charge in [0.05, 0.1) is 25.8 Å². The fraction of sp³-hybridized carbons (Fsp3) is 0.833. The third-order valence-electron chi connectivity index (χ3n) is 6.15. The Morgan fingerprint density at radius 1 is 1.04 bits per heavy atom. The van der Waals surface area contributed by atoms with Gasteiger partial charge < -0.3 is 5.32 Å². The minimum atomic E-state index is 0.0605. The molecule has 2 unspecified atom stereocenters. The summed E-state index contributed by atoms with van der Waals surface area (Å²) in [5, 5.41) is 2.95. The monoisotopic (exact) mass is 392 g/mol. The number of likely N-dealkylation sites (N-methyl/N-ethyl adjacent to an activating group) is 1. The molecule has 4 nitrogen and oxygen atoms in total. The number of hydrogen-bond acceptors (Lipinski definition) is 2. The summed E-state index contributed by atoms with van der Waals surface area (Å²) in [6.07, 6.45) is 23.2. The van der Waals surface area contributed by atoms with E-state index in [1.165, 1.54) is 64.2 Å². The second-order valence-corrected chi connectivity index (χ2v) is 8.40. The number of carbonyl (C=O) groups is 1. The molecule has 1 aliphatic rings. The molecule has 28 heavy (non-hydrogen) atoms. The van der Waals surface area contributed by atoms with Crippen LogP contribution in [0.15, 0.2) is 17.1 Å². The number of allylic oxidation sites excluding steroid dienone is 2. The number of carbonyl (C=O) groups excluding carboxylic acids is 1. The number of amides is 1. The lowest BCUT2D eigenvalue weighted by atomic mass is 10.1. The highest BCUT2D eigenvalue weighted by Crippen LogP contribution is 2.23. The molecule has 1 N–H and O–H groups in total. The molecule has 1 amide bonds. The maximum absolute atomic E-state index is 11.1. The molecule has 1 heterocycles. The smallest absolute Gasteiger partial charge is 0.217 e. The van der Waals surface area contributed by atoms with Crippen LogP contribution in [0.5, 0.6) is 0 Å². The van der Waals surface area contributed by atoms with Gasteiger partial charge in [0, 0.05) is 13.3 Å². The topological polar surface area (TPSA) is 41.5 Å². The van der Waals surface area contributed by atoms with E-state index >= 15 is 0 Å². The standard InChI is InChI=1S/C24H45N3O/c1-4-6-7-8-9-10-11-12-13-14-15-16-17-18-24-26-20-22-27(24,5-2)21-19-25-23(3)28/h15-16,20,24H,4-14,17-19,21-22H2,1-3H3/p+1/b16-15+. The first kappa shape index (κ1) is 24.9. The predicted molar refractivity (Wildman–Crippen MR) is 122 cm³/mol. The zero-order valence-electron chi connectivity index (χ0n) is 18.9. The minimum absolute atomic E-state index is 0.0605. The maximum Gasteiger partial charge on any atom is 0.217 e. The van der Waals surface area contributed by atoms with Gasteiger partial charge in [0.2, 0.25) is 5.91 Å². The lowest BCUT2D eigenvalue weighted by Gasteiger charge is -2.38. The Kier molecular flexibility index (Phi) is 14.0. The van der Waals surface area contributed by atoms with Gasteiger partial charge in [0.15, 0.2) is 6.17 Å². The summed E-state index contributed by atoms with van der Waals surface area (Å²) in [4.78, 5) is 15.9. The van der Waals surface area contributed by atoms with Gasteiger partial charge in [-0.3, -0.25) is 9.28 Å². The molecule has 0 saturated carbocycles. The van der Waals surface area contributed by atoms with Gasteiger partial charge in [0.1, 0.15) is 6.54 Å². The maximum atomic E-state index is 11.1. The van der Waals surface area contributed by atoms with E-state index in [9.17, 15) is 4.79 Å². The average molecular weight is 393 g/mol. The van der Waals surface area contributed by atoms with Gasteiger partial charge in [0.25, 0.3) is 0 Å². The van der Waals surface area contributed by atoms with E-state index in [2.05, 4.69) is 37.5 Å². The molecule has 0 radical (unpaired) electrons. The van der Waals surface area contributed by atoms with Crippen LogP contribution in [0.4, 0.5) is 0 Å². The van der Waals surface area contributed by atoms with Crippen LogP contribution in [-0.2, 0) is 4.79 Å². The number of rotatable bonds is 17. The molecular formula is C24H46N3O+. The number of aliphatic imine (C=N–C) groups is 1. The van der Waals surface area contributed by atoms with Crippen molar-refractivity contribution in [2.24, 2.45) is 4.99 Å². The molecule has 0 spiro atoms. The first-order valence-corrected chi connectivity index (χ1v) is 11.9. The lowest BCUT2D eigenvalue weighted by Crippen LogP contribution is -2.55. The lowest BCUT2D eigenvalue weighted by molar-refractivity contribution is -0.935. The zero-order valence-corrected chi connectivity index (χ0v) is 18.9. The largest absolute Gasteiger partial charge is 0.351 e. The summed E-state index contributed by atoms with van der Waals surface area (Å²) < 4.78 is 0.992. The van der Waals surface area contributed by atoms with E-state index in [0.717, 1.165) is 43.5 Å². The number of quaternary nitrogens is 1. The van der Waals surface area contributed by atoms with Crippen LogP contribution >= 0.6 is 0 Å². The van der Waals surface area contributed by atoms with Crippen molar-refractivity contribution in [3.63, 3.8) is 0 Å². The molecule has 0 aliphatic carbocycles. The van der Waals surface area contributed by atoms with Crippen molar-refractivity contribution in [2.75, 3.05) is 26.2 Å². The van der Waals surface area contributed by atoms with Crippen LogP contribution in [-0.4, -0.2) is 48.9 Å². The summed E-state index contributed by atoms with van der Waals surface area (Å²) in [6.45, 7) is 9.92. The second-order valence-electron chi connectivity index (χ2n) is 8.40. The van der Waals surface area contributed by atoms with E-state index in [1.807, 2.05) is 0 Å². The Morgan fingerprint density at radius 2 is 1.68 bits per heavy atom. The molecule has 0 aromatic carbocycles. The van der Waals surface area contributed by atoms with Gasteiger partial charge in [-0.15, -0.1) is 0 Å². The summed E-state index contributed by atoms with van der Waals surface area (Å²) in [7, 11) is 0. The van der Waals surface area contributed by atoms with E-state index in [0.29, 0.717) is 6.17 Å². The second kappa shape index (κ2) is 15.7. The van der Waals surface area contributed by atoms with Crippen LogP contribution in [0.1, 0.15) is 97.8 Å². The Bertz CT molecular complexity index is 461. The van der Waals surface area contributed by atoms with Gasteiger partial charge in [-0.1, -0.05) is 70.4 Å². The average Bonchev–Trinajstić information content (AvgIpc) is 3.08. The number of nitrogens with one attached hydrogen (secondary N) is 1. The Labute approximate surface area is 174 Å². The Morgan fingerprint density at radius 3 is 2.32 bits per heavy atom. The van der Waals surface area contributed by atoms with E-state index < -0.39 is 0 Å². The van der Waals surface area contributed by atoms with Crippen LogP contribution in [0.2, 0.25) is 0 Å². The molecule has 0 aromatic rings. The highest BCUT2D eigenvalue weighted by atomic mass is 16.1. The number of hydrogen-bond donors (Lipinski definition) is 1. The van der Waals surface area contributed by atoms with Crippen LogP contribution in [0.3, 0.4) is 0 Å². The summed E-state index contributed by atoms with van der Waals surface area (Å²) in [6, 6.07) is 0. The number of nitrogens with zero attached hydrogens (tertiary/aromatic N) is 2. The van der Waals surface area contributed by atoms with Crippen molar-refractivity contribution >= 4 is 12.1 Å². The number of unbranched alkanes of at least 4 members (excludes halogenated alkanes) is 9. The SMILES string of the molecule is CCCCCCCCCCC/C=C/CCC1N=CC[N+]1(CC)CCNC(C)=O. The molecule has 1 rings (SSSR count). The normalized spacial score (nSPS) is 21.6.